The summed E-state index contributed by atoms with van der Waals surface area (Å²) >= 11 is 1.59. The molecule has 2 amide bonds. The third-order valence-corrected chi connectivity index (χ3v) is 4.63. The summed E-state index contributed by atoms with van der Waals surface area (Å²) in [5.74, 6) is -0.282. The second-order valence-electron chi connectivity index (χ2n) is 6.28. The topological polar surface area (TPSA) is 68.1 Å². The zero-order valence-corrected chi connectivity index (χ0v) is 16.1. The first-order valence-electron chi connectivity index (χ1n) is 8.20. The Bertz CT molecular complexity index is 743. The quantitative estimate of drug-likeness (QED) is 0.792. The van der Waals surface area contributed by atoms with E-state index in [1.165, 1.54) is 4.90 Å². The van der Waals surface area contributed by atoms with Crippen LogP contribution < -0.4 is 4.90 Å². The SMILES string of the molecule is CSCC(C)C(=O)N(C(=O)C(C)C)c1cn(-c2cccnc2)nc1C. The average Bonchev–Trinajstić information content (AvgIpc) is 2.97. The van der Waals surface area contributed by atoms with Gasteiger partial charge in [0.1, 0.15) is 0 Å². The zero-order chi connectivity index (χ0) is 18.6. The van der Waals surface area contributed by atoms with Crippen molar-refractivity contribution in [3.8, 4) is 5.69 Å². The van der Waals surface area contributed by atoms with E-state index in [9.17, 15) is 9.59 Å². The lowest BCUT2D eigenvalue weighted by molar-refractivity contribution is -0.129. The predicted octanol–water partition coefficient (Wildman–Crippen LogP) is 3.09. The molecule has 0 aliphatic rings. The van der Waals surface area contributed by atoms with E-state index >= 15 is 0 Å². The van der Waals surface area contributed by atoms with E-state index in [2.05, 4.69) is 10.1 Å². The molecule has 2 aromatic rings. The van der Waals surface area contributed by atoms with Gasteiger partial charge in [0.15, 0.2) is 0 Å². The molecular formula is C18H24N4O2S. The van der Waals surface area contributed by atoms with Crippen LogP contribution in [-0.2, 0) is 9.59 Å². The van der Waals surface area contributed by atoms with Crippen molar-refractivity contribution in [1.82, 2.24) is 14.8 Å². The smallest absolute Gasteiger partial charge is 0.237 e. The van der Waals surface area contributed by atoms with Crippen LogP contribution in [0.4, 0.5) is 5.69 Å². The fraction of sp³-hybridized carbons (Fsp3) is 0.444. The van der Waals surface area contributed by atoms with Gasteiger partial charge in [0.05, 0.1) is 29.5 Å². The summed E-state index contributed by atoms with van der Waals surface area (Å²) in [6.45, 7) is 7.24. The summed E-state index contributed by atoms with van der Waals surface area (Å²) in [5, 5.41) is 4.46. The van der Waals surface area contributed by atoms with Crippen molar-refractivity contribution in [2.45, 2.75) is 27.7 Å². The normalized spacial score (nSPS) is 12.2. The van der Waals surface area contributed by atoms with Crippen molar-refractivity contribution < 1.29 is 9.59 Å². The Balaban J connectivity index is 2.46. The molecule has 0 saturated carbocycles. The second kappa shape index (κ2) is 8.29. The van der Waals surface area contributed by atoms with E-state index in [1.807, 2.05) is 25.3 Å². The third-order valence-electron chi connectivity index (χ3n) is 3.80. The molecule has 0 aliphatic heterocycles. The van der Waals surface area contributed by atoms with Crippen molar-refractivity contribution >= 4 is 29.3 Å². The summed E-state index contributed by atoms with van der Waals surface area (Å²) in [7, 11) is 0. The van der Waals surface area contributed by atoms with Gasteiger partial charge in [-0.1, -0.05) is 20.8 Å². The van der Waals surface area contributed by atoms with Crippen LogP contribution in [0.25, 0.3) is 5.69 Å². The second-order valence-corrected chi connectivity index (χ2v) is 7.19. The fourth-order valence-electron chi connectivity index (χ4n) is 2.44. The molecule has 134 valence electrons. The van der Waals surface area contributed by atoms with Crippen LogP contribution in [0.2, 0.25) is 0 Å². The fourth-order valence-corrected chi connectivity index (χ4v) is 3.08. The monoisotopic (exact) mass is 360 g/mol. The number of anilines is 1. The van der Waals surface area contributed by atoms with Crippen molar-refractivity contribution in [1.29, 1.82) is 0 Å². The first-order valence-corrected chi connectivity index (χ1v) is 9.59. The maximum Gasteiger partial charge on any atom is 0.237 e. The molecule has 1 unspecified atom stereocenters. The number of carbonyl (C=O) groups is 2. The van der Waals surface area contributed by atoms with E-state index in [0.717, 1.165) is 5.69 Å². The average molecular weight is 360 g/mol. The van der Waals surface area contributed by atoms with Gasteiger partial charge in [0.2, 0.25) is 11.8 Å². The first kappa shape index (κ1) is 19.2. The van der Waals surface area contributed by atoms with E-state index in [4.69, 9.17) is 0 Å². The number of aryl methyl sites for hydroxylation is 1. The Morgan fingerprint density at radius 1 is 1.28 bits per heavy atom. The summed E-state index contributed by atoms with van der Waals surface area (Å²) in [5.41, 5.74) is 1.93. The molecule has 0 radical (unpaired) electrons. The van der Waals surface area contributed by atoms with Crippen LogP contribution in [0.5, 0.6) is 0 Å². The summed E-state index contributed by atoms with van der Waals surface area (Å²) < 4.78 is 1.64. The van der Waals surface area contributed by atoms with Gasteiger partial charge in [0.25, 0.3) is 0 Å². The molecule has 2 aromatic heterocycles. The molecule has 6 nitrogen and oxygen atoms in total. The van der Waals surface area contributed by atoms with Crippen LogP contribution in [0.15, 0.2) is 30.7 Å². The summed E-state index contributed by atoms with van der Waals surface area (Å²) in [4.78, 5) is 31.0. The molecule has 0 saturated heterocycles. The maximum absolute atomic E-state index is 12.9. The molecule has 7 heteroatoms. The number of nitrogens with zero attached hydrogens (tertiary/aromatic N) is 4. The van der Waals surface area contributed by atoms with Gasteiger partial charge in [-0.25, -0.2) is 9.58 Å². The van der Waals surface area contributed by atoms with E-state index < -0.39 is 0 Å². The molecule has 25 heavy (non-hydrogen) atoms. The highest BCUT2D eigenvalue weighted by Gasteiger charge is 2.31. The van der Waals surface area contributed by atoms with Gasteiger partial charge in [-0.3, -0.25) is 14.6 Å². The van der Waals surface area contributed by atoms with Crippen LogP contribution in [-0.4, -0.2) is 38.6 Å². The van der Waals surface area contributed by atoms with Gasteiger partial charge in [-0.15, -0.1) is 0 Å². The molecule has 2 heterocycles. The number of rotatable bonds is 6. The largest absolute Gasteiger partial charge is 0.274 e. The van der Waals surface area contributed by atoms with Gasteiger partial charge in [0, 0.05) is 23.8 Å². The number of aromatic nitrogens is 3. The van der Waals surface area contributed by atoms with Crippen molar-refractivity contribution in [2.24, 2.45) is 11.8 Å². The molecule has 0 fully saturated rings. The van der Waals surface area contributed by atoms with Gasteiger partial charge >= 0.3 is 0 Å². The molecule has 0 bridgehead atoms. The van der Waals surface area contributed by atoms with E-state index in [1.54, 1.807) is 55.8 Å². The minimum absolute atomic E-state index is 0.193. The predicted molar refractivity (Wildman–Crippen MR) is 101 cm³/mol. The number of imide groups is 1. The lowest BCUT2D eigenvalue weighted by Gasteiger charge is -2.24. The lowest BCUT2D eigenvalue weighted by atomic mass is 10.1. The molecule has 0 aromatic carbocycles. The van der Waals surface area contributed by atoms with Crippen molar-refractivity contribution in [2.75, 3.05) is 16.9 Å². The Kier molecular flexibility index (Phi) is 6.36. The lowest BCUT2D eigenvalue weighted by Crippen LogP contribution is -2.43. The van der Waals surface area contributed by atoms with Crippen LogP contribution in [0, 0.1) is 18.8 Å². The number of pyridine rings is 1. The van der Waals surface area contributed by atoms with Gasteiger partial charge < -0.3 is 0 Å². The van der Waals surface area contributed by atoms with Crippen molar-refractivity contribution in [3.63, 3.8) is 0 Å². The molecule has 1 atom stereocenters. The standard InChI is InChI=1S/C18H24N4O2S/c1-12(2)17(23)22(18(24)13(3)11-25-5)16-10-21(20-14(16)4)15-7-6-8-19-9-15/h6-10,12-13H,11H2,1-5H3. The van der Waals surface area contributed by atoms with Crippen LogP contribution in [0.1, 0.15) is 26.5 Å². The van der Waals surface area contributed by atoms with E-state index in [0.29, 0.717) is 17.1 Å². The number of thioether (sulfide) groups is 1. The Labute approximate surface area is 152 Å². The van der Waals surface area contributed by atoms with Crippen LogP contribution in [0.3, 0.4) is 0 Å². The molecule has 0 aliphatic carbocycles. The molecular weight excluding hydrogens is 336 g/mol. The Morgan fingerprint density at radius 3 is 2.56 bits per heavy atom. The highest BCUT2D eigenvalue weighted by atomic mass is 32.2. The maximum atomic E-state index is 12.9. The molecule has 0 spiro atoms. The minimum Gasteiger partial charge on any atom is -0.274 e. The molecule has 2 rings (SSSR count). The number of carbonyl (C=O) groups excluding carboxylic acids is 2. The molecule has 0 N–H and O–H groups in total. The van der Waals surface area contributed by atoms with E-state index in [-0.39, 0.29) is 23.7 Å². The highest BCUT2D eigenvalue weighted by molar-refractivity contribution is 7.98. The van der Waals surface area contributed by atoms with Crippen LogP contribution >= 0.6 is 11.8 Å². The van der Waals surface area contributed by atoms with Gasteiger partial charge in [-0.05, 0) is 25.3 Å². The Hall–Kier alpha value is -2.15. The number of amides is 2. The third kappa shape index (κ3) is 4.28. The zero-order valence-electron chi connectivity index (χ0n) is 15.3. The highest BCUT2D eigenvalue weighted by Crippen LogP contribution is 2.25. The summed E-state index contributed by atoms with van der Waals surface area (Å²) in [6, 6.07) is 3.69. The number of hydrogen-bond acceptors (Lipinski definition) is 5. The minimum atomic E-state index is -0.286. The Morgan fingerprint density at radius 2 is 2.00 bits per heavy atom. The van der Waals surface area contributed by atoms with Gasteiger partial charge in [-0.2, -0.15) is 16.9 Å². The summed E-state index contributed by atoms with van der Waals surface area (Å²) in [6.07, 6.45) is 7.03. The van der Waals surface area contributed by atoms with Crippen molar-refractivity contribution in [3.05, 3.63) is 36.4 Å². The number of hydrogen-bond donors (Lipinski definition) is 0. The first-order chi connectivity index (χ1) is 11.9.